The van der Waals surface area contributed by atoms with Gasteiger partial charge in [0.25, 0.3) is 0 Å². The van der Waals surface area contributed by atoms with Crippen LogP contribution in [0.2, 0.25) is 0 Å². The van der Waals surface area contributed by atoms with Gasteiger partial charge in [0.2, 0.25) is 5.95 Å². The Balaban J connectivity index is 2.45. The summed E-state index contributed by atoms with van der Waals surface area (Å²) in [6.07, 6.45) is 4.23. The second-order valence-corrected chi connectivity index (χ2v) is 3.80. The number of hydrogen-bond donors (Lipinski definition) is 4. The van der Waals surface area contributed by atoms with Crippen molar-refractivity contribution in [3.05, 3.63) is 18.0 Å². The molecule has 7 nitrogen and oxygen atoms in total. The van der Waals surface area contributed by atoms with Gasteiger partial charge >= 0.3 is 5.97 Å². The monoisotopic (exact) mass is 254 g/mol. The predicted molar refractivity (Wildman–Crippen MR) is 66.2 cm³/mol. The molecule has 0 aliphatic carbocycles. The molecule has 7 heteroatoms. The van der Waals surface area contributed by atoms with E-state index in [1.54, 1.807) is 12.4 Å². The zero-order chi connectivity index (χ0) is 13.4. The van der Waals surface area contributed by atoms with Gasteiger partial charge in [-0.2, -0.15) is 0 Å². The summed E-state index contributed by atoms with van der Waals surface area (Å²) in [5, 5.41) is 23.3. The van der Waals surface area contributed by atoms with Gasteiger partial charge in [-0.15, -0.1) is 0 Å². The lowest BCUT2D eigenvalue weighted by atomic mass is 10.3. The minimum atomic E-state index is -1.08. The van der Waals surface area contributed by atoms with Crippen molar-refractivity contribution >= 4 is 11.9 Å². The Kier molecular flexibility index (Phi) is 6.03. The topological polar surface area (TPSA) is 107 Å². The normalized spacial score (nSPS) is 12.1. The zero-order valence-corrected chi connectivity index (χ0v) is 10.3. The number of anilines is 1. The molecule has 0 radical (unpaired) electrons. The highest BCUT2D eigenvalue weighted by atomic mass is 16.4. The van der Waals surface area contributed by atoms with Crippen molar-refractivity contribution in [2.24, 2.45) is 0 Å². The molecule has 1 unspecified atom stereocenters. The number of nitrogens with one attached hydrogen (secondary N) is 2. The van der Waals surface area contributed by atoms with Gasteiger partial charge in [-0.3, -0.25) is 10.1 Å². The SMILES string of the molecule is CCCNc1ncc(CNC(CO)C(=O)O)cn1. The van der Waals surface area contributed by atoms with E-state index in [9.17, 15) is 4.79 Å². The van der Waals surface area contributed by atoms with Crippen LogP contribution in [-0.2, 0) is 11.3 Å². The van der Waals surface area contributed by atoms with E-state index in [-0.39, 0.29) is 0 Å². The molecule has 0 aliphatic heterocycles. The van der Waals surface area contributed by atoms with Crippen LogP contribution in [-0.4, -0.2) is 45.3 Å². The van der Waals surface area contributed by atoms with Gasteiger partial charge in [0.15, 0.2) is 0 Å². The van der Waals surface area contributed by atoms with Crippen LogP contribution in [0.15, 0.2) is 12.4 Å². The summed E-state index contributed by atoms with van der Waals surface area (Å²) in [6, 6.07) is -0.970. The van der Waals surface area contributed by atoms with Crippen LogP contribution in [0.3, 0.4) is 0 Å². The molecule has 1 rings (SSSR count). The molecule has 0 amide bonds. The second-order valence-electron chi connectivity index (χ2n) is 3.80. The van der Waals surface area contributed by atoms with Gasteiger partial charge in [-0.05, 0) is 6.42 Å². The molecule has 1 aromatic heterocycles. The lowest BCUT2D eigenvalue weighted by Gasteiger charge is -2.11. The average molecular weight is 254 g/mol. The summed E-state index contributed by atoms with van der Waals surface area (Å²) in [5.41, 5.74) is 0.761. The van der Waals surface area contributed by atoms with Crippen molar-refractivity contribution in [1.29, 1.82) is 0 Å². The molecule has 1 atom stereocenters. The molecule has 18 heavy (non-hydrogen) atoms. The van der Waals surface area contributed by atoms with Crippen LogP contribution in [0, 0.1) is 0 Å². The number of rotatable bonds is 8. The summed E-state index contributed by atoms with van der Waals surface area (Å²) in [5.74, 6) is -0.530. The molecule has 0 bridgehead atoms. The van der Waals surface area contributed by atoms with Crippen LogP contribution in [0.1, 0.15) is 18.9 Å². The molecule has 0 spiro atoms. The highest BCUT2D eigenvalue weighted by Gasteiger charge is 2.14. The van der Waals surface area contributed by atoms with Crippen molar-refractivity contribution in [3.8, 4) is 0 Å². The predicted octanol–water partition coefficient (Wildman–Crippen LogP) is -0.166. The van der Waals surface area contributed by atoms with E-state index < -0.39 is 18.6 Å². The summed E-state index contributed by atoms with van der Waals surface area (Å²) in [6.45, 7) is 2.70. The summed E-state index contributed by atoms with van der Waals surface area (Å²) >= 11 is 0. The number of nitrogens with zero attached hydrogens (tertiary/aromatic N) is 2. The first-order valence-corrected chi connectivity index (χ1v) is 5.79. The molecule has 0 fully saturated rings. The average Bonchev–Trinajstić information content (AvgIpc) is 2.38. The molecule has 4 N–H and O–H groups in total. The highest BCUT2D eigenvalue weighted by molar-refractivity contribution is 5.73. The lowest BCUT2D eigenvalue weighted by molar-refractivity contribution is -0.140. The van der Waals surface area contributed by atoms with Crippen molar-refractivity contribution in [2.45, 2.75) is 25.9 Å². The maximum absolute atomic E-state index is 10.7. The molecule has 0 aromatic carbocycles. The summed E-state index contributed by atoms with van der Waals surface area (Å²) < 4.78 is 0. The fourth-order valence-corrected chi connectivity index (χ4v) is 1.25. The Labute approximate surface area is 105 Å². The summed E-state index contributed by atoms with van der Waals surface area (Å²) in [4.78, 5) is 18.8. The van der Waals surface area contributed by atoms with E-state index in [0.29, 0.717) is 12.5 Å². The first-order valence-electron chi connectivity index (χ1n) is 5.79. The third-order valence-electron chi connectivity index (χ3n) is 2.27. The van der Waals surface area contributed by atoms with E-state index in [0.717, 1.165) is 18.5 Å². The van der Waals surface area contributed by atoms with Crippen LogP contribution < -0.4 is 10.6 Å². The van der Waals surface area contributed by atoms with Gasteiger partial charge < -0.3 is 15.5 Å². The van der Waals surface area contributed by atoms with E-state index in [1.807, 2.05) is 6.92 Å². The number of hydrogen-bond acceptors (Lipinski definition) is 6. The number of aliphatic carboxylic acids is 1. The Morgan fingerprint density at radius 1 is 1.44 bits per heavy atom. The van der Waals surface area contributed by atoms with Crippen molar-refractivity contribution in [1.82, 2.24) is 15.3 Å². The van der Waals surface area contributed by atoms with Crippen molar-refractivity contribution in [2.75, 3.05) is 18.5 Å². The first kappa shape index (κ1) is 14.3. The van der Waals surface area contributed by atoms with E-state index in [4.69, 9.17) is 10.2 Å². The molecule has 0 aliphatic rings. The molecule has 0 saturated heterocycles. The fraction of sp³-hybridized carbons (Fsp3) is 0.545. The van der Waals surface area contributed by atoms with Crippen LogP contribution >= 0.6 is 0 Å². The number of carbonyl (C=O) groups is 1. The van der Waals surface area contributed by atoms with Crippen LogP contribution in [0.5, 0.6) is 0 Å². The highest BCUT2D eigenvalue weighted by Crippen LogP contribution is 2.00. The van der Waals surface area contributed by atoms with Gasteiger partial charge in [0, 0.05) is 31.0 Å². The maximum atomic E-state index is 10.7. The first-order chi connectivity index (χ1) is 8.67. The second kappa shape index (κ2) is 7.57. The standard InChI is InChI=1S/C11H18N4O3/c1-2-3-12-11-14-5-8(6-15-11)4-13-9(7-16)10(17)18/h5-6,9,13,16H,2-4,7H2,1H3,(H,17,18)(H,12,14,15). The Morgan fingerprint density at radius 3 is 2.61 bits per heavy atom. The van der Waals surface area contributed by atoms with Gasteiger partial charge in [-0.1, -0.05) is 6.92 Å². The van der Waals surface area contributed by atoms with Crippen LogP contribution in [0.4, 0.5) is 5.95 Å². The fourth-order valence-electron chi connectivity index (χ4n) is 1.25. The maximum Gasteiger partial charge on any atom is 0.323 e. The molecular formula is C11H18N4O3. The largest absolute Gasteiger partial charge is 0.480 e. The Hall–Kier alpha value is -1.73. The van der Waals surface area contributed by atoms with E-state index in [1.165, 1.54) is 0 Å². The number of carboxylic acids is 1. The smallest absolute Gasteiger partial charge is 0.323 e. The third-order valence-corrected chi connectivity index (χ3v) is 2.27. The molecule has 100 valence electrons. The zero-order valence-electron chi connectivity index (χ0n) is 10.3. The Morgan fingerprint density at radius 2 is 2.11 bits per heavy atom. The lowest BCUT2D eigenvalue weighted by Crippen LogP contribution is -2.39. The minimum absolute atomic E-state index is 0.297. The molecule has 0 saturated carbocycles. The Bertz CT molecular complexity index is 369. The molecule has 1 aromatic rings. The number of aliphatic hydroxyl groups excluding tert-OH is 1. The van der Waals surface area contributed by atoms with Gasteiger partial charge in [0.1, 0.15) is 6.04 Å². The third kappa shape index (κ3) is 4.64. The van der Waals surface area contributed by atoms with Gasteiger partial charge in [-0.25, -0.2) is 9.97 Å². The van der Waals surface area contributed by atoms with E-state index >= 15 is 0 Å². The summed E-state index contributed by atoms with van der Waals surface area (Å²) in [7, 11) is 0. The number of aromatic nitrogens is 2. The molecular weight excluding hydrogens is 236 g/mol. The minimum Gasteiger partial charge on any atom is -0.480 e. The van der Waals surface area contributed by atoms with E-state index in [2.05, 4.69) is 20.6 Å². The van der Waals surface area contributed by atoms with Gasteiger partial charge in [0.05, 0.1) is 6.61 Å². The number of carboxylic acid groups (broad SMARTS) is 1. The number of aliphatic hydroxyl groups is 1. The quantitative estimate of drug-likeness (QED) is 0.510. The van der Waals surface area contributed by atoms with Crippen LogP contribution in [0.25, 0.3) is 0 Å². The molecule has 1 heterocycles. The van der Waals surface area contributed by atoms with Crippen molar-refractivity contribution in [3.63, 3.8) is 0 Å². The van der Waals surface area contributed by atoms with Crippen molar-refractivity contribution < 1.29 is 15.0 Å².